The molecule has 4 nitrogen and oxygen atoms in total. The second-order valence-electron chi connectivity index (χ2n) is 7.12. The van der Waals surface area contributed by atoms with Gasteiger partial charge in [-0.05, 0) is 42.3 Å². The summed E-state index contributed by atoms with van der Waals surface area (Å²) in [6, 6.07) is 26.2. The van der Waals surface area contributed by atoms with Gasteiger partial charge >= 0.3 is 0 Å². The molecular formula is C25H26N2O2. The van der Waals surface area contributed by atoms with Gasteiger partial charge in [-0.1, -0.05) is 54.6 Å². The number of hydrogen-bond donors (Lipinski definition) is 0. The fourth-order valence-corrected chi connectivity index (χ4v) is 3.76. The summed E-state index contributed by atoms with van der Waals surface area (Å²) in [5.74, 6) is 1.01. The predicted molar refractivity (Wildman–Crippen MR) is 118 cm³/mol. The molecule has 3 aromatic carbocycles. The van der Waals surface area contributed by atoms with Crippen LogP contribution in [-0.2, 0) is 0 Å². The van der Waals surface area contributed by atoms with Crippen molar-refractivity contribution in [3.8, 4) is 16.9 Å². The van der Waals surface area contributed by atoms with E-state index in [1.54, 1.807) is 0 Å². The molecule has 0 N–H and O–H groups in total. The first kappa shape index (κ1) is 19.1. The van der Waals surface area contributed by atoms with Crippen LogP contribution in [0.2, 0.25) is 0 Å². The molecule has 0 spiro atoms. The number of anilines is 1. The average molecular weight is 386 g/mol. The van der Waals surface area contributed by atoms with Gasteiger partial charge in [0.05, 0.1) is 12.3 Å². The van der Waals surface area contributed by atoms with E-state index >= 15 is 0 Å². The zero-order valence-electron chi connectivity index (χ0n) is 16.8. The third kappa shape index (κ3) is 4.27. The monoisotopic (exact) mass is 386 g/mol. The van der Waals surface area contributed by atoms with Crippen LogP contribution < -0.4 is 9.64 Å². The molecule has 0 radical (unpaired) electrons. The van der Waals surface area contributed by atoms with Crippen LogP contribution in [0.1, 0.15) is 17.3 Å². The molecule has 1 aliphatic rings. The first-order chi connectivity index (χ1) is 14.3. The Morgan fingerprint density at radius 1 is 0.793 bits per heavy atom. The van der Waals surface area contributed by atoms with Gasteiger partial charge in [-0.2, -0.15) is 0 Å². The molecule has 3 aromatic rings. The molecule has 4 heteroatoms. The molecule has 4 rings (SSSR count). The lowest BCUT2D eigenvalue weighted by atomic mass is 10.0. The lowest BCUT2D eigenvalue weighted by Gasteiger charge is -2.36. The average Bonchev–Trinajstić information content (AvgIpc) is 2.80. The van der Waals surface area contributed by atoms with E-state index < -0.39 is 0 Å². The molecule has 0 aromatic heterocycles. The van der Waals surface area contributed by atoms with Crippen molar-refractivity contribution in [2.75, 3.05) is 37.7 Å². The van der Waals surface area contributed by atoms with Crippen molar-refractivity contribution < 1.29 is 9.53 Å². The van der Waals surface area contributed by atoms with Crippen molar-refractivity contribution in [3.63, 3.8) is 0 Å². The molecule has 148 valence electrons. The zero-order valence-corrected chi connectivity index (χ0v) is 16.8. The van der Waals surface area contributed by atoms with E-state index in [0.29, 0.717) is 19.7 Å². The Hall–Kier alpha value is -3.27. The number of carbonyl (C=O) groups excluding carboxylic acids is 1. The first-order valence-electron chi connectivity index (χ1n) is 10.2. The van der Waals surface area contributed by atoms with Gasteiger partial charge in [0.15, 0.2) is 0 Å². The number of amides is 1. The molecule has 0 unspecified atom stereocenters. The minimum atomic E-state index is 0.0994. The van der Waals surface area contributed by atoms with Crippen molar-refractivity contribution in [2.24, 2.45) is 0 Å². The molecule has 1 fully saturated rings. The number of ether oxygens (including phenoxy) is 1. The first-order valence-corrected chi connectivity index (χ1v) is 10.2. The highest BCUT2D eigenvalue weighted by Crippen LogP contribution is 2.29. The lowest BCUT2D eigenvalue weighted by Crippen LogP contribution is -2.48. The molecule has 29 heavy (non-hydrogen) atoms. The van der Waals surface area contributed by atoms with E-state index in [1.807, 2.05) is 72.5 Å². The minimum Gasteiger partial charge on any atom is -0.492 e. The fraction of sp³-hybridized carbons (Fsp3) is 0.240. The van der Waals surface area contributed by atoms with E-state index in [9.17, 15) is 4.79 Å². The molecule has 0 saturated carbocycles. The van der Waals surface area contributed by atoms with Crippen molar-refractivity contribution in [2.45, 2.75) is 6.92 Å². The Morgan fingerprint density at radius 2 is 1.41 bits per heavy atom. The predicted octanol–water partition coefficient (Wildman–Crippen LogP) is 4.71. The molecule has 1 heterocycles. The largest absolute Gasteiger partial charge is 0.492 e. The van der Waals surface area contributed by atoms with Crippen LogP contribution in [0.4, 0.5) is 5.69 Å². The minimum absolute atomic E-state index is 0.0994. The Bertz CT molecular complexity index is 946. The Kier molecular flexibility index (Phi) is 5.80. The quantitative estimate of drug-likeness (QED) is 0.636. The molecule has 0 bridgehead atoms. The Labute approximate surface area is 172 Å². The number of carbonyl (C=O) groups is 1. The number of nitrogens with zero attached hydrogens (tertiary/aromatic N) is 2. The topological polar surface area (TPSA) is 32.8 Å². The highest BCUT2D eigenvalue weighted by atomic mass is 16.5. The molecule has 0 atom stereocenters. The summed E-state index contributed by atoms with van der Waals surface area (Å²) in [6.07, 6.45) is 0. The van der Waals surface area contributed by atoms with Crippen molar-refractivity contribution in [1.29, 1.82) is 0 Å². The van der Waals surface area contributed by atoms with Gasteiger partial charge in [0.1, 0.15) is 5.75 Å². The highest BCUT2D eigenvalue weighted by molar-refractivity contribution is 5.95. The Balaban J connectivity index is 1.40. The maximum Gasteiger partial charge on any atom is 0.253 e. The van der Waals surface area contributed by atoms with E-state index in [4.69, 9.17) is 4.74 Å². The number of rotatable bonds is 5. The third-order valence-electron chi connectivity index (χ3n) is 5.31. The van der Waals surface area contributed by atoms with Crippen LogP contribution in [0.3, 0.4) is 0 Å². The summed E-state index contributed by atoms with van der Waals surface area (Å²) in [7, 11) is 0. The summed E-state index contributed by atoms with van der Waals surface area (Å²) in [5.41, 5.74) is 4.13. The second kappa shape index (κ2) is 8.82. The SMILES string of the molecule is CCOc1ccccc1N1CCN(C(=O)c2ccc(-c3ccccc3)cc2)CC1. The van der Waals surface area contributed by atoms with Crippen LogP contribution >= 0.6 is 0 Å². The van der Waals surface area contributed by atoms with Crippen LogP contribution in [0, 0.1) is 0 Å². The van der Waals surface area contributed by atoms with Gasteiger partial charge in [-0.25, -0.2) is 0 Å². The van der Waals surface area contributed by atoms with Crippen molar-refractivity contribution in [1.82, 2.24) is 4.90 Å². The van der Waals surface area contributed by atoms with Gasteiger partial charge in [0.2, 0.25) is 0 Å². The number of piperazine rings is 1. The van der Waals surface area contributed by atoms with E-state index in [2.05, 4.69) is 23.1 Å². The van der Waals surface area contributed by atoms with E-state index in [-0.39, 0.29) is 5.91 Å². The zero-order chi connectivity index (χ0) is 20.1. The lowest BCUT2D eigenvalue weighted by molar-refractivity contribution is 0.0746. The second-order valence-corrected chi connectivity index (χ2v) is 7.12. The van der Waals surface area contributed by atoms with Crippen LogP contribution in [-0.4, -0.2) is 43.6 Å². The van der Waals surface area contributed by atoms with Crippen molar-refractivity contribution >= 4 is 11.6 Å². The van der Waals surface area contributed by atoms with Crippen LogP contribution in [0.25, 0.3) is 11.1 Å². The summed E-state index contributed by atoms with van der Waals surface area (Å²) in [6.45, 7) is 5.67. The number of para-hydroxylation sites is 2. The number of benzene rings is 3. The van der Waals surface area contributed by atoms with Crippen LogP contribution in [0.15, 0.2) is 78.9 Å². The highest BCUT2D eigenvalue weighted by Gasteiger charge is 2.23. The van der Waals surface area contributed by atoms with Gasteiger partial charge < -0.3 is 14.5 Å². The van der Waals surface area contributed by atoms with Crippen LogP contribution in [0.5, 0.6) is 5.75 Å². The number of hydrogen-bond acceptors (Lipinski definition) is 3. The van der Waals surface area contributed by atoms with Crippen molar-refractivity contribution in [3.05, 3.63) is 84.4 Å². The maximum absolute atomic E-state index is 12.9. The van der Waals surface area contributed by atoms with E-state index in [0.717, 1.165) is 41.2 Å². The summed E-state index contributed by atoms with van der Waals surface area (Å²) in [5, 5.41) is 0. The fourth-order valence-electron chi connectivity index (χ4n) is 3.76. The summed E-state index contributed by atoms with van der Waals surface area (Å²) >= 11 is 0. The molecule has 0 aliphatic carbocycles. The molecule has 1 amide bonds. The third-order valence-corrected chi connectivity index (χ3v) is 5.31. The van der Waals surface area contributed by atoms with Gasteiger partial charge in [-0.3, -0.25) is 4.79 Å². The van der Waals surface area contributed by atoms with Gasteiger partial charge in [0, 0.05) is 31.7 Å². The molecule has 1 aliphatic heterocycles. The standard InChI is InChI=1S/C25H26N2O2/c1-2-29-24-11-7-6-10-23(24)26-16-18-27(19-17-26)25(28)22-14-12-21(13-15-22)20-8-4-3-5-9-20/h3-15H,2,16-19H2,1H3. The smallest absolute Gasteiger partial charge is 0.253 e. The van der Waals surface area contributed by atoms with Gasteiger partial charge in [-0.15, -0.1) is 0 Å². The molecular weight excluding hydrogens is 360 g/mol. The van der Waals surface area contributed by atoms with E-state index in [1.165, 1.54) is 0 Å². The summed E-state index contributed by atoms with van der Waals surface area (Å²) < 4.78 is 5.76. The normalized spacial score (nSPS) is 14.0. The maximum atomic E-state index is 12.9. The Morgan fingerprint density at radius 3 is 2.10 bits per heavy atom. The van der Waals surface area contributed by atoms with Gasteiger partial charge in [0.25, 0.3) is 5.91 Å². The summed E-state index contributed by atoms with van der Waals surface area (Å²) in [4.78, 5) is 17.2. The molecule has 1 saturated heterocycles.